The van der Waals surface area contributed by atoms with E-state index in [0.717, 1.165) is 25.9 Å². The fraction of sp³-hybridized carbons (Fsp3) is 0.529. The van der Waals surface area contributed by atoms with Crippen molar-refractivity contribution in [3.8, 4) is 0 Å². The number of carbonyl (C=O) groups is 2. The molecular weight excluding hydrogens is 278 g/mol. The van der Waals surface area contributed by atoms with Crippen molar-refractivity contribution in [2.75, 3.05) is 19.6 Å². The van der Waals surface area contributed by atoms with Crippen LogP contribution in [-0.2, 0) is 16.1 Å². The van der Waals surface area contributed by atoms with Crippen LogP contribution in [0.25, 0.3) is 0 Å². The van der Waals surface area contributed by atoms with Crippen LogP contribution in [0, 0.1) is 5.92 Å². The Hall–Kier alpha value is -1.88. The molecule has 2 atom stereocenters. The fourth-order valence-electron chi connectivity index (χ4n) is 3.52. The molecule has 0 bridgehead atoms. The molecule has 0 unspecified atom stereocenters. The first kappa shape index (κ1) is 15.0. The van der Waals surface area contributed by atoms with E-state index in [2.05, 4.69) is 17.0 Å². The number of rotatable bonds is 4. The van der Waals surface area contributed by atoms with Gasteiger partial charge in [0.15, 0.2) is 0 Å². The number of carbonyl (C=O) groups excluding carboxylic acids is 2. The van der Waals surface area contributed by atoms with Crippen LogP contribution in [-0.4, -0.2) is 47.3 Å². The predicted octanol–water partition coefficient (Wildman–Crippen LogP) is 0.985. The maximum absolute atomic E-state index is 12.7. The molecule has 0 aromatic heterocycles. The van der Waals surface area contributed by atoms with Crippen LogP contribution < -0.4 is 5.73 Å². The first-order valence-corrected chi connectivity index (χ1v) is 8.01. The van der Waals surface area contributed by atoms with E-state index in [-0.39, 0.29) is 23.8 Å². The number of nitrogens with two attached hydrogens (primary N) is 1. The van der Waals surface area contributed by atoms with Gasteiger partial charge in [-0.3, -0.25) is 14.5 Å². The smallest absolute Gasteiger partial charge is 0.239 e. The van der Waals surface area contributed by atoms with Gasteiger partial charge >= 0.3 is 0 Å². The van der Waals surface area contributed by atoms with Crippen LogP contribution in [0.3, 0.4) is 0 Å². The summed E-state index contributed by atoms with van der Waals surface area (Å²) < 4.78 is 0. The molecule has 2 fully saturated rings. The van der Waals surface area contributed by atoms with Gasteiger partial charge < -0.3 is 10.6 Å². The number of hydrogen-bond acceptors (Lipinski definition) is 3. The normalized spacial score (nSPS) is 25.5. The lowest BCUT2D eigenvalue weighted by molar-refractivity contribution is -0.135. The quantitative estimate of drug-likeness (QED) is 0.901. The van der Waals surface area contributed by atoms with E-state index < -0.39 is 0 Å². The monoisotopic (exact) mass is 301 g/mol. The van der Waals surface area contributed by atoms with Crippen LogP contribution >= 0.6 is 0 Å². The minimum absolute atomic E-state index is 0.0492. The number of primary amides is 1. The average molecular weight is 301 g/mol. The van der Waals surface area contributed by atoms with Gasteiger partial charge in [-0.05, 0) is 31.4 Å². The first-order valence-electron chi connectivity index (χ1n) is 8.01. The molecule has 2 saturated heterocycles. The molecule has 2 aliphatic rings. The molecule has 0 spiro atoms. The van der Waals surface area contributed by atoms with Crippen molar-refractivity contribution in [3.05, 3.63) is 35.9 Å². The van der Waals surface area contributed by atoms with Crippen molar-refractivity contribution in [1.82, 2.24) is 9.80 Å². The van der Waals surface area contributed by atoms with Crippen LogP contribution in [0.5, 0.6) is 0 Å². The van der Waals surface area contributed by atoms with Crippen molar-refractivity contribution in [2.24, 2.45) is 11.7 Å². The Labute approximate surface area is 131 Å². The standard InChI is InChI=1S/C17H23N3O2/c18-16(21)14-8-10-20(12-14)17(22)15-7-4-9-19(15)11-13-5-2-1-3-6-13/h1-3,5-6,14-15H,4,7-12H2,(H2,18,21)/t14-,15-/m0/s1. The van der Waals surface area contributed by atoms with E-state index in [1.807, 2.05) is 23.1 Å². The zero-order valence-corrected chi connectivity index (χ0v) is 12.8. The lowest BCUT2D eigenvalue weighted by Crippen LogP contribution is -2.44. The largest absolute Gasteiger partial charge is 0.369 e. The Morgan fingerprint density at radius 2 is 1.91 bits per heavy atom. The molecule has 5 nitrogen and oxygen atoms in total. The summed E-state index contributed by atoms with van der Waals surface area (Å²) in [7, 11) is 0. The van der Waals surface area contributed by atoms with Gasteiger partial charge in [-0.25, -0.2) is 0 Å². The topological polar surface area (TPSA) is 66.6 Å². The predicted molar refractivity (Wildman–Crippen MR) is 83.8 cm³/mol. The molecule has 2 aliphatic heterocycles. The zero-order valence-electron chi connectivity index (χ0n) is 12.8. The van der Waals surface area contributed by atoms with E-state index >= 15 is 0 Å². The molecule has 2 amide bonds. The maximum atomic E-state index is 12.7. The molecule has 0 saturated carbocycles. The molecule has 118 valence electrons. The molecule has 0 aliphatic carbocycles. The van der Waals surface area contributed by atoms with E-state index in [4.69, 9.17) is 5.73 Å². The summed E-state index contributed by atoms with van der Waals surface area (Å²) >= 11 is 0. The highest BCUT2D eigenvalue weighted by Crippen LogP contribution is 2.25. The van der Waals surface area contributed by atoms with Gasteiger partial charge in [0.05, 0.1) is 12.0 Å². The van der Waals surface area contributed by atoms with Gasteiger partial charge in [0, 0.05) is 19.6 Å². The van der Waals surface area contributed by atoms with Crippen molar-refractivity contribution >= 4 is 11.8 Å². The second-order valence-corrected chi connectivity index (χ2v) is 6.29. The number of benzene rings is 1. The minimum atomic E-state index is -0.289. The third-order valence-corrected chi connectivity index (χ3v) is 4.78. The summed E-state index contributed by atoms with van der Waals surface area (Å²) in [5, 5.41) is 0. The molecule has 2 N–H and O–H groups in total. The summed E-state index contributed by atoms with van der Waals surface area (Å²) in [6.07, 6.45) is 2.66. The van der Waals surface area contributed by atoms with Crippen LogP contribution in [0.1, 0.15) is 24.8 Å². The molecule has 1 aromatic carbocycles. The summed E-state index contributed by atoms with van der Waals surface area (Å²) in [6.45, 7) is 2.91. The fourth-order valence-corrected chi connectivity index (χ4v) is 3.52. The molecule has 3 rings (SSSR count). The lowest BCUT2D eigenvalue weighted by atomic mass is 10.1. The second-order valence-electron chi connectivity index (χ2n) is 6.29. The van der Waals surface area contributed by atoms with Gasteiger partial charge in [-0.2, -0.15) is 0 Å². The SMILES string of the molecule is NC(=O)[C@H]1CCN(C(=O)[C@@H]2CCCN2Cc2ccccc2)C1. The Bertz CT molecular complexity index is 546. The first-order chi connectivity index (χ1) is 10.6. The van der Waals surface area contributed by atoms with Crippen molar-refractivity contribution in [3.63, 3.8) is 0 Å². The Morgan fingerprint density at radius 3 is 2.59 bits per heavy atom. The molecule has 1 aromatic rings. The highest BCUT2D eigenvalue weighted by molar-refractivity contribution is 5.84. The summed E-state index contributed by atoms with van der Waals surface area (Å²) in [5.41, 5.74) is 6.59. The molecule has 5 heteroatoms. The number of likely N-dealkylation sites (tertiary alicyclic amines) is 2. The molecule has 2 heterocycles. The number of amides is 2. The lowest BCUT2D eigenvalue weighted by Gasteiger charge is -2.27. The van der Waals surface area contributed by atoms with Gasteiger partial charge in [-0.15, -0.1) is 0 Å². The van der Waals surface area contributed by atoms with E-state index in [9.17, 15) is 9.59 Å². The number of hydrogen-bond donors (Lipinski definition) is 1. The summed E-state index contributed by atoms with van der Waals surface area (Å²) in [4.78, 5) is 28.1. The van der Waals surface area contributed by atoms with Crippen molar-refractivity contribution < 1.29 is 9.59 Å². The molecular formula is C17H23N3O2. The summed E-state index contributed by atoms with van der Waals surface area (Å²) in [6, 6.07) is 10.2. The van der Waals surface area contributed by atoms with E-state index in [1.165, 1.54) is 5.56 Å². The van der Waals surface area contributed by atoms with Gasteiger partial charge in [0.2, 0.25) is 11.8 Å². The minimum Gasteiger partial charge on any atom is -0.369 e. The third kappa shape index (κ3) is 3.14. The Kier molecular flexibility index (Phi) is 4.43. The van der Waals surface area contributed by atoms with Gasteiger partial charge in [0.25, 0.3) is 0 Å². The maximum Gasteiger partial charge on any atom is 0.239 e. The Morgan fingerprint density at radius 1 is 1.14 bits per heavy atom. The van der Waals surface area contributed by atoms with Gasteiger partial charge in [-0.1, -0.05) is 30.3 Å². The van der Waals surface area contributed by atoms with E-state index in [0.29, 0.717) is 19.5 Å². The third-order valence-electron chi connectivity index (χ3n) is 4.78. The highest BCUT2D eigenvalue weighted by atomic mass is 16.2. The van der Waals surface area contributed by atoms with Crippen molar-refractivity contribution in [1.29, 1.82) is 0 Å². The highest BCUT2D eigenvalue weighted by Gasteiger charge is 2.37. The van der Waals surface area contributed by atoms with E-state index in [1.54, 1.807) is 0 Å². The second kappa shape index (κ2) is 6.48. The number of nitrogens with zero attached hydrogens (tertiary/aromatic N) is 2. The van der Waals surface area contributed by atoms with Gasteiger partial charge in [0.1, 0.15) is 0 Å². The molecule has 0 radical (unpaired) electrons. The molecule has 22 heavy (non-hydrogen) atoms. The summed E-state index contributed by atoms with van der Waals surface area (Å²) in [5.74, 6) is -0.298. The van der Waals surface area contributed by atoms with Crippen LogP contribution in [0.4, 0.5) is 0 Å². The van der Waals surface area contributed by atoms with Crippen LogP contribution in [0.15, 0.2) is 30.3 Å². The Balaban J connectivity index is 1.63. The zero-order chi connectivity index (χ0) is 15.5. The average Bonchev–Trinajstić information content (AvgIpc) is 3.17. The van der Waals surface area contributed by atoms with Crippen molar-refractivity contribution in [2.45, 2.75) is 31.8 Å². The van der Waals surface area contributed by atoms with Crippen LogP contribution in [0.2, 0.25) is 0 Å².